The molecule has 0 radical (unpaired) electrons. The van der Waals surface area contributed by atoms with Gasteiger partial charge in [0.2, 0.25) is 0 Å². The summed E-state index contributed by atoms with van der Waals surface area (Å²) < 4.78 is 0. The molecule has 0 aromatic heterocycles. The van der Waals surface area contributed by atoms with Crippen LogP contribution in [0, 0.1) is 11.8 Å². The number of benzene rings is 2. The fourth-order valence-corrected chi connectivity index (χ4v) is 1.13. The van der Waals surface area contributed by atoms with Crippen molar-refractivity contribution in [2.45, 2.75) is 55.4 Å². The van der Waals surface area contributed by atoms with Crippen molar-refractivity contribution >= 4 is 10.8 Å². The first-order chi connectivity index (χ1) is 9.43. The maximum atomic E-state index is 2.17. The normalized spacial score (nSPS) is 8.90. The van der Waals surface area contributed by atoms with Crippen LogP contribution in [0.1, 0.15) is 55.4 Å². The van der Waals surface area contributed by atoms with E-state index in [1.54, 1.807) is 0 Å². The summed E-state index contributed by atoms with van der Waals surface area (Å²) in [5.74, 6) is 1.67. The Morgan fingerprint density at radius 1 is 0.500 bits per heavy atom. The summed E-state index contributed by atoms with van der Waals surface area (Å²) in [5.41, 5.74) is 0. The van der Waals surface area contributed by atoms with Crippen LogP contribution in [0.4, 0.5) is 0 Å². The van der Waals surface area contributed by atoms with Gasteiger partial charge in [0.25, 0.3) is 0 Å². The molecule has 2 aromatic carbocycles. The lowest BCUT2D eigenvalue weighted by atomic mass is 10.1. The van der Waals surface area contributed by atoms with Crippen molar-refractivity contribution in [3.63, 3.8) is 0 Å². The van der Waals surface area contributed by atoms with Crippen molar-refractivity contribution in [3.8, 4) is 0 Å². The van der Waals surface area contributed by atoms with Crippen molar-refractivity contribution in [1.82, 2.24) is 0 Å². The van der Waals surface area contributed by atoms with Gasteiger partial charge in [0.05, 0.1) is 0 Å². The first kappa shape index (κ1) is 21.0. The van der Waals surface area contributed by atoms with Crippen LogP contribution in [0.25, 0.3) is 10.8 Å². The quantitative estimate of drug-likeness (QED) is 0.477. The molecule has 0 saturated carbocycles. The average molecular weight is 274 g/mol. The van der Waals surface area contributed by atoms with Gasteiger partial charge in [-0.1, -0.05) is 104 Å². The fraction of sp³-hybridized carbons (Fsp3) is 0.500. The molecule has 114 valence electrons. The monoisotopic (exact) mass is 274 g/mol. The highest BCUT2D eigenvalue weighted by molar-refractivity contribution is 5.81. The first-order valence-corrected chi connectivity index (χ1v) is 7.87. The molecule has 0 fully saturated rings. The number of fused-ring (bicyclic) bond motifs is 1. The van der Waals surface area contributed by atoms with Crippen molar-refractivity contribution in [1.29, 1.82) is 0 Å². The molecule has 0 aliphatic heterocycles. The molecular formula is C20H34. The van der Waals surface area contributed by atoms with Crippen molar-refractivity contribution in [2.24, 2.45) is 11.8 Å². The molecule has 0 bridgehead atoms. The highest BCUT2D eigenvalue weighted by atomic mass is 13.9. The van der Waals surface area contributed by atoms with E-state index in [0.717, 1.165) is 11.8 Å². The second-order valence-corrected chi connectivity index (χ2v) is 5.81. The van der Waals surface area contributed by atoms with Gasteiger partial charge >= 0.3 is 0 Å². The summed E-state index contributed by atoms with van der Waals surface area (Å²) in [6.45, 7) is 17.0. The van der Waals surface area contributed by atoms with E-state index < -0.39 is 0 Å². The van der Waals surface area contributed by atoms with E-state index in [9.17, 15) is 0 Å². The smallest absolute Gasteiger partial charge is 0.0184 e. The van der Waals surface area contributed by atoms with Crippen LogP contribution in [0.2, 0.25) is 0 Å². The van der Waals surface area contributed by atoms with Gasteiger partial charge in [-0.05, 0) is 22.6 Å². The molecule has 0 heteroatoms. The highest BCUT2D eigenvalue weighted by Crippen LogP contribution is 2.11. The molecule has 0 saturated heterocycles. The summed E-state index contributed by atoms with van der Waals surface area (Å²) in [4.78, 5) is 0. The summed E-state index contributed by atoms with van der Waals surface area (Å²) in [7, 11) is 0. The summed E-state index contributed by atoms with van der Waals surface area (Å²) in [6, 6.07) is 16.7. The largest absolute Gasteiger partial charge is 0.0683 e. The molecule has 0 unspecified atom stereocenters. The van der Waals surface area contributed by atoms with E-state index in [1.165, 1.54) is 10.8 Å². The highest BCUT2D eigenvalue weighted by Gasteiger charge is 1.85. The van der Waals surface area contributed by atoms with Crippen molar-refractivity contribution in [2.75, 3.05) is 0 Å². The zero-order valence-corrected chi connectivity index (χ0v) is 14.8. The minimum Gasteiger partial charge on any atom is -0.0683 e. The summed E-state index contributed by atoms with van der Waals surface area (Å²) in [6.07, 6.45) is 0. The van der Waals surface area contributed by atoms with E-state index in [0.29, 0.717) is 0 Å². The Morgan fingerprint density at radius 3 is 0.800 bits per heavy atom. The summed E-state index contributed by atoms with van der Waals surface area (Å²) >= 11 is 0. The molecule has 0 spiro atoms. The molecule has 0 nitrogen and oxygen atoms in total. The number of rotatable bonds is 0. The maximum Gasteiger partial charge on any atom is -0.0184 e. The Labute approximate surface area is 127 Å². The molecule has 20 heavy (non-hydrogen) atoms. The Morgan fingerprint density at radius 2 is 0.650 bits per heavy atom. The maximum absolute atomic E-state index is 2.17. The minimum absolute atomic E-state index is 0.833. The van der Waals surface area contributed by atoms with Crippen LogP contribution in [-0.2, 0) is 0 Å². The van der Waals surface area contributed by atoms with Crippen molar-refractivity contribution < 1.29 is 0 Å². The van der Waals surface area contributed by atoms with Gasteiger partial charge < -0.3 is 0 Å². The zero-order chi connectivity index (χ0) is 16.0. The van der Waals surface area contributed by atoms with E-state index in [1.807, 2.05) is 13.8 Å². The third kappa shape index (κ3) is 14.8. The number of hydrogen-bond donors (Lipinski definition) is 0. The average Bonchev–Trinajstić information content (AvgIpc) is 2.40. The first-order valence-electron chi connectivity index (χ1n) is 7.87. The van der Waals surface area contributed by atoms with Crippen LogP contribution < -0.4 is 0 Å². The molecule has 0 heterocycles. The predicted octanol–water partition coefficient (Wildman–Crippen LogP) is 7.19. The zero-order valence-electron chi connectivity index (χ0n) is 14.8. The lowest BCUT2D eigenvalue weighted by Crippen LogP contribution is -1.67. The second-order valence-electron chi connectivity index (χ2n) is 5.81. The van der Waals surface area contributed by atoms with Crippen LogP contribution in [0.3, 0.4) is 0 Å². The molecule has 0 amide bonds. The van der Waals surface area contributed by atoms with Gasteiger partial charge in [-0.15, -0.1) is 0 Å². The van der Waals surface area contributed by atoms with E-state index >= 15 is 0 Å². The lowest BCUT2D eigenvalue weighted by molar-refractivity contribution is 0.736. The molecule has 0 aliphatic carbocycles. The van der Waals surface area contributed by atoms with Gasteiger partial charge in [-0.2, -0.15) is 0 Å². The van der Waals surface area contributed by atoms with Crippen molar-refractivity contribution in [3.05, 3.63) is 48.5 Å². The van der Waals surface area contributed by atoms with Gasteiger partial charge in [0.15, 0.2) is 0 Å². The third-order valence-corrected chi connectivity index (χ3v) is 1.66. The number of hydrogen-bond acceptors (Lipinski definition) is 0. The van der Waals surface area contributed by atoms with Crippen LogP contribution in [0.5, 0.6) is 0 Å². The third-order valence-electron chi connectivity index (χ3n) is 1.66. The molecule has 0 N–H and O–H groups in total. The Balaban J connectivity index is 0. The predicted molar refractivity (Wildman–Crippen MR) is 96.3 cm³/mol. The standard InChI is InChI=1S/C10H8.2C4H10.C2H6/c1-2-6-10-8-4-3-7-9(10)5-1;2*1-4(2)3;1-2/h1-8H;2*4H,1-3H3;1-2H3. The molecule has 2 aromatic rings. The fourth-order valence-electron chi connectivity index (χ4n) is 1.13. The Bertz CT molecular complexity index is 336. The van der Waals surface area contributed by atoms with Gasteiger partial charge in [0.1, 0.15) is 0 Å². The lowest BCUT2D eigenvalue weighted by Gasteiger charge is -1.92. The SMILES string of the molecule is CC.CC(C)C.CC(C)C.c1ccc2ccccc2c1. The molecule has 2 rings (SSSR count). The van der Waals surface area contributed by atoms with E-state index in [2.05, 4.69) is 90.1 Å². The van der Waals surface area contributed by atoms with Gasteiger partial charge in [-0.25, -0.2) is 0 Å². The van der Waals surface area contributed by atoms with Crippen LogP contribution in [0.15, 0.2) is 48.5 Å². The Hall–Kier alpha value is -1.30. The summed E-state index contributed by atoms with van der Waals surface area (Å²) in [5, 5.41) is 2.62. The Kier molecular flexibility index (Phi) is 14.8. The van der Waals surface area contributed by atoms with Crippen LogP contribution >= 0.6 is 0 Å². The van der Waals surface area contributed by atoms with Gasteiger partial charge in [0, 0.05) is 0 Å². The van der Waals surface area contributed by atoms with E-state index in [4.69, 9.17) is 0 Å². The van der Waals surface area contributed by atoms with Gasteiger partial charge in [-0.3, -0.25) is 0 Å². The molecule has 0 aliphatic rings. The second kappa shape index (κ2) is 14.1. The van der Waals surface area contributed by atoms with E-state index in [-0.39, 0.29) is 0 Å². The minimum atomic E-state index is 0.833. The molecule has 0 atom stereocenters. The van der Waals surface area contributed by atoms with Crippen LogP contribution in [-0.4, -0.2) is 0 Å². The topological polar surface area (TPSA) is 0 Å². The molecular weight excluding hydrogens is 240 g/mol.